The summed E-state index contributed by atoms with van der Waals surface area (Å²) in [5.41, 5.74) is 2.42. The Kier molecular flexibility index (Phi) is 4.99. The lowest BCUT2D eigenvalue weighted by Crippen LogP contribution is -2.26. The molecule has 3 heteroatoms. The second-order valence-corrected chi connectivity index (χ2v) is 3.89. The molecule has 0 saturated heterocycles. The van der Waals surface area contributed by atoms with Gasteiger partial charge in [0.25, 0.3) is 0 Å². The molecule has 0 heterocycles. The number of hydrogen-bond acceptors (Lipinski definition) is 2. The maximum Gasteiger partial charge on any atom is 0.224 e. The molecular formula is C13H19NO2. The van der Waals surface area contributed by atoms with Crippen molar-refractivity contribution >= 4 is 5.91 Å². The molecule has 1 aromatic carbocycles. The topological polar surface area (TPSA) is 40.5 Å². The molecule has 0 aliphatic rings. The van der Waals surface area contributed by atoms with Crippen LogP contribution in [0.4, 0.5) is 0 Å². The van der Waals surface area contributed by atoms with E-state index in [-0.39, 0.29) is 18.9 Å². The van der Waals surface area contributed by atoms with Crippen LogP contribution in [0, 0.1) is 0 Å². The van der Waals surface area contributed by atoms with Gasteiger partial charge in [-0.25, -0.2) is 0 Å². The number of aliphatic hydroxyl groups excluding tert-OH is 1. The molecule has 0 aromatic heterocycles. The fourth-order valence-corrected chi connectivity index (χ4v) is 1.53. The third-order valence-corrected chi connectivity index (χ3v) is 2.60. The van der Waals surface area contributed by atoms with Gasteiger partial charge >= 0.3 is 0 Å². The van der Waals surface area contributed by atoms with E-state index < -0.39 is 0 Å². The van der Waals surface area contributed by atoms with Crippen LogP contribution in [-0.2, 0) is 17.8 Å². The van der Waals surface area contributed by atoms with Crippen LogP contribution in [0.1, 0.15) is 24.5 Å². The van der Waals surface area contributed by atoms with Gasteiger partial charge < -0.3 is 10.0 Å². The largest absolute Gasteiger partial charge is 0.396 e. The van der Waals surface area contributed by atoms with E-state index in [4.69, 9.17) is 5.11 Å². The molecule has 0 bridgehead atoms. The van der Waals surface area contributed by atoms with Crippen LogP contribution in [0.15, 0.2) is 24.3 Å². The zero-order valence-corrected chi connectivity index (χ0v) is 9.94. The van der Waals surface area contributed by atoms with E-state index in [1.54, 1.807) is 11.9 Å². The van der Waals surface area contributed by atoms with Gasteiger partial charge in [0.2, 0.25) is 5.91 Å². The number of carbonyl (C=O) groups excluding carboxylic acids is 1. The molecule has 3 nitrogen and oxygen atoms in total. The van der Waals surface area contributed by atoms with Crippen LogP contribution < -0.4 is 0 Å². The summed E-state index contributed by atoms with van der Waals surface area (Å²) in [7, 11) is 1.76. The van der Waals surface area contributed by atoms with Crippen molar-refractivity contribution in [3.05, 3.63) is 35.4 Å². The van der Waals surface area contributed by atoms with E-state index >= 15 is 0 Å². The van der Waals surface area contributed by atoms with Crippen LogP contribution in [0.5, 0.6) is 0 Å². The number of hydrogen-bond donors (Lipinski definition) is 1. The minimum absolute atomic E-state index is 0.0259. The lowest BCUT2D eigenvalue weighted by atomic mass is 10.1. The summed E-state index contributed by atoms with van der Waals surface area (Å²) in [6.45, 7) is 2.63. The van der Waals surface area contributed by atoms with Crippen LogP contribution in [0.2, 0.25) is 0 Å². The number of aliphatic hydroxyl groups is 1. The van der Waals surface area contributed by atoms with Crippen molar-refractivity contribution in [1.29, 1.82) is 0 Å². The van der Waals surface area contributed by atoms with Gasteiger partial charge in [0.05, 0.1) is 6.61 Å². The van der Waals surface area contributed by atoms with Gasteiger partial charge in [-0.05, 0) is 17.5 Å². The van der Waals surface area contributed by atoms with E-state index in [0.717, 1.165) is 12.0 Å². The molecule has 0 aliphatic carbocycles. The summed E-state index contributed by atoms with van der Waals surface area (Å²) in [5.74, 6) is -0.0259. The highest BCUT2D eigenvalue weighted by Gasteiger charge is 2.07. The van der Waals surface area contributed by atoms with E-state index in [9.17, 15) is 4.79 Å². The van der Waals surface area contributed by atoms with Gasteiger partial charge in [0.15, 0.2) is 0 Å². The van der Waals surface area contributed by atoms with Crippen LogP contribution in [0.25, 0.3) is 0 Å². The maximum absolute atomic E-state index is 11.4. The molecule has 16 heavy (non-hydrogen) atoms. The fraction of sp³-hybridized carbons (Fsp3) is 0.462. The molecule has 0 fully saturated rings. The van der Waals surface area contributed by atoms with Gasteiger partial charge in [-0.1, -0.05) is 31.2 Å². The van der Waals surface area contributed by atoms with Crippen LogP contribution >= 0.6 is 0 Å². The van der Waals surface area contributed by atoms with Gasteiger partial charge in [-0.2, -0.15) is 0 Å². The molecule has 1 rings (SSSR count). The summed E-state index contributed by atoms with van der Waals surface area (Å²) < 4.78 is 0. The third kappa shape index (κ3) is 3.66. The monoisotopic (exact) mass is 221 g/mol. The Balaban J connectivity index is 2.55. The molecule has 1 aromatic rings. The molecule has 1 amide bonds. The van der Waals surface area contributed by atoms with Gasteiger partial charge in [0, 0.05) is 20.0 Å². The van der Waals surface area contributed by atoms with Crippen molar-refractivity contribution < 1.29 is 9.90 Å². The zero-order chi connectivity index (χ0) is 12.0. The number of benzene rings is 1. The summed E-state index contributed by atoms with van der Waals surface area (Å²) in [6.07, 6.45) is 1.23. The number of rotatable bonds is 5. The maximum atomic E-state index is 11.4. The highest BCUT2D eigenvalue weighted by Crippen LogP contribution is 2.07. The van der Waals surface area contributed by atoms with Gasteiger partial charge in [0.1, 0.15) is 0 Å². The normalized spacial score (nSPS) is 10.2. The molecule has 0 unspecified atom stereocenters. The molecule has 1 N–H and O–H groups in total. The summed E-state index contributed by atoms with van der Waals surface area (Å²) in [4.78, 5) is 13.1. The van der Waals surface area contributed by atoms with E-state index in [2.05, 4.69) is 19.1 Å². The quantitative estimate of drug-likeness (QED) is 0.820. The van der Waals surface area contributed by atoms with E-state index in [1.807, 2.05) is 12.1 Å². The second kappa shape index (κ2) is 6.28. The summed E-state index contributed by atoms with van der Waals surface area (Å²) in [5, 5.41) is 8.67. The Labute approximate surface area is 96.7 Å². The first-order valence-electron chi connectivity index (χ1n) is 5.60. The number of aryl methyl sites for hydroxylation is 1. The van der Waals surface area contributed by atoms with E-state index in [1.165, 1.54) is 5.56 Å². The Morgan fingerprint density at radius 1 is 1.25 bits per heavy atom. The van der Waals surface area contributed by atoms with Crippen molar-refractivity contribution in [3.8, 4) is 0 Å². The van der Waals surface area contributed by atoms with Crippen molar-refractivity contribution in [2.24, 2.45) is 0 Å². The Morgan fingerprint density at radius 2 is 1.81 bits per heavy atom. The first-order valence-corrected chi connectivity index (χ1v) is 5.60. The summed E-state index contributed by atoms with van der Waals surface area (Å²) in [6, 6.07) is 8.25. The Hall–Kier alpha value is -1.35. The number of nitrogens with zero attached hydrogens (tertiary/aromatic N) is 1. The van der Waals surface area contributed by atoms with E-state index in [0.29, 0.717) is 6.54 Å². The molecule has 88 valence electrons. The van der Waals surface area contributed by atoms with Crippen LogP contribution in [-0.4, -0.2) is 29.6 Å². The zero-order valence-electron chi connectivity index (χ0n) is 9.94. The smallest absolute Gasteiger partial charge is 0.224 e. The standard InChI is InChI=1S/C13H19NO2/c1-3-11-4-6-12(7-5-11)10-14(2)13(16)8-9-15/h4-7,15H,3,8-10H2,1-2H3. The van der Waals surface area contributed by atoms with Gasteiger partial charge in [-0.15, -0.1) is 0 Å². The van der Waals surface area contributed by atoms with Crippen LogP contribution in [0.3, 0.4) is 0 Å². The van der Waals surface area contributed by atoms with Gasteiger partial charge in [-0.3, -0.25) is 4.79 Å². The minimum atomic E-state index is -0.0854. The van der Waals surface area contributed by atoms with Crippen molar-refractivity contribution in [2.75, 3.05) is 13.7 Å². The SMILES string of the molecule is CCc1ccc(CN(C)C(=O)CCO)cc1. The van der Waals surface area contributed by atoms with Crippen molar-refractivity contribution in [3.63, 3.8) is 0 Å². The lowest BCUT2D eigenvalue weighted by molar-refractivity contribution is -0.131. The molecular weight excluding hydrogens is 202 g/mol. The molecule has 0 aliphatic heterocycles. The molecule has 0 atom stereocenters. The summed E-state index contributed by atoms with van der Waals surface area (Å²) >= 11 is 0. The average molecular weight is 221 g/mol. The highest BCUT2D eigenvalue weighted by molar-refractivity contribution is 5.75. The third-order valence-electron chi connectivity index (χ3n) is 2.60. The average Bonchev–Trinajstić information content (AvgIpc) is 2.30. The Morgan fingerprint density at radius 3 is 2.31 bits per heavy atom. The first kappa shape index (κ1) is 12.7. The van der Waals surface area contributed by atoms with Crippen molar-refractivity contribution in [2.45, 2.75) is 26.3 Å². The number of carbonyl (C=O) groups is 1. The predicted molar refractivity (Wildman–Crippen MR) is 64.0 cm³/mol. The fourth-order valence-electron chi connectivity index (χ4n) is 1.53. The molecule has 0 radical (unpaired) electrons. The number of amides is 1. The molecule has 0 spiro atoms. The molecule has 0 saturated carbocycles. The second-order valence-electron chi connectivity index (χ2n) is 3.89. The highest BCUT2D eigenvalue weighted by atomic mass is 16.3. The first-order chi connectivity index (χ1) is 7.67. The minimum Gasteiger partial charge on any atom is -0.396 e. The predicted octanol–water partition coefficient (Wildman–Crippen LogP) is 1.59. The lowest BCUT2D eigenvalue weighted by Gasteiger charge is -2.16. The Bertz CT molecular complexity index is 332. The van der Waals surface area contributed by atoms with Crippen molar-refractivity contribution in [1.82, 2.24) is 4.90 Å².